The summed E-state index contributed by atoms with van der Waals surface area (Å²) in [5.41, 5.74) is -0.683. The van der Waals surface area contributed by atoms with Crippen LogP contribution in [0.5, 0.6) is 0 Å². The predicted molar refractivity (Wildman–Crippen MR) is 126 cm³/mol. The first-order valence-corrected chi connectivity index (χ1v) is 13.4. The summed E-state index contributed by atoms with van der Waals surface area (Å²) in [5.74, 6) is -8.18. The molecule has 3 aliphatic rings. The van der Waals surface area contributed by atoms with Gasteiger partial charge in [-0.05, 0) is 25.3 Å². The number of rotatable bonds is 5. The summed E-state index contributed by atoms with van der Waals surface area (Å²) in [7, 11) is -4.69. The van der Waals surface area contributed by atoms with Crippen LogP contribution in [0.1, 0.15) is 19.3 Å². The smallest absolute Gasteiger partial charge is 0.326 e. The fourth-order valence-electron chi connectivity index (χ4n) is 5.21. The van der Waals surface area contributed by atoms with Gasteiger partial charge in [-0.25, -0.2) is 35.2 Å². The Labute approximate surface area is 217 Å². The Hall–Kier alpha value is -3.59. The van der Waals surface area contributed by atoms with Gasteiger partial charge in [0.05, 0.1) is 10.9 Å². The van der Waals surface area contributed by atoms with E-state index in [1.54, 1.807) is 4.72 Å². The van der Waals surface area contributed by atoms with Crippen LogP contribution in [-0.2, 0) is 14.8 Å². The summed E-state index contributed by atoms with van der Waals surface area (Å²) in [6.45, 7) is -1.03. The number of alkyl halides is 2. The summed E-state index contributed by atoms with van der Waals surface area (Å²) < 4.78 is 105. The lowest BCUT2D eigenvalue weighted by molar-refractivity contribution is -0.113. The van der Waals surface area contributed by atoms with Crippen molar-refractivity contribution in [1.29, 1.82) is 0 Å². The minimum atomic E-state index is -4.69. The van der Waals surface area contributed by atoms with Gasteiger partial charge in [0, 0.05) is 36.7 Å². The second-order valence-electron chi connectivity index (χ2n) is 9.76. The van der Waals surface area contributed by atoms with Crippen molar-refractivity contribution in [3.8, 4) is 11.1 Å². The molecule has 206 valence electrons. The maximum atomic E-state index is 15.3. The van der Waals surface area contributed by atoms with Gasteiger partial charge in [-0.1, -0.05) is 17.3 Å². The number of nitrogens with one attached hydrogen (secondary N) is 1. The van der Waals surface area contributed by atoms with E-state index in [-0.39, 0.29) is 35.3 Å². The molecule has 3 heterocycles. The highest BCUT2D eigenvalue weighted by molar-refractivity contribution is 8.04. The zero-order valence-electron chi connectivity index (χ0n) is 19.8. The van der Waals surface area contributed by atoms with Crippen molar-refractivity contribution in [3.05, 3.63) is 47.8 Å². The highest BCUT2D eigenvalue weighted by atomic mass is 32.2. The van der Waals surface area contributed by atoms with Crippen LogP contribution in [0.15, 0.2) is 34.9 Å². The molecule has 0 bridgehead atoms. The van der Waals surface area contributed by atoms with Crippen LogP contribution in [0.2, 0.25) is 0 Å². The summed E-state index contributed by atoms with van der Waals surface area (Å²) in [6.07, 6.45) is 0.411. The maximum Gasteiger partial charge on any atom is 0.326 e. The van der Waals surface area contributed by atoms with Crippen molar-refractivity contribution in [2.24, 2.45) is 5.92 Å². The minimum absolute atomic E-state index is 0.00746. The van der Waals surface area contributed by atoms with Gasteiger partial charge in [0.2, 0.25) is 0 Å². The lowest BCUT2D eigenvalue weighted by atomic mass is 9.99. The normalized spacial score (nSPS) is 22.9. The molecule has 15 heteroatoms. The number of urea groups is 1. The monoisotopic (exact) mass is 570 g/mol. The molecule has 2 amide bonds. The Kier molecular flexibility index (Phi) is 5.73. The molecule has 2 saturated heterocycles. The maximum absolute atomic E-state index is 15.3. The van der Waals surface area contributed by atoms with Crippen molar-refractivity contribution in [3.63, 3.8) is 0 Å². The van der Waals surface area contributed by atoms with E-state index in [0.717, 1.165) is 9.80 Å². The molecule has 0 unspecified atom stereocenters. The number of sulfonamides is 1. The highest BCUT2D eigenvalue weighted by Gasteiger charge is 2.61. The standard InChI is InChI=1S/C24H19F5N4O5S/c25-12-8-14(26)19(15(27)9-12)13-2-1-3-16-20(13)21(30-38-16)32-7-6-18-24(28,29)17(10-33(18)23(32)35)31-39(36,37)22(34)11-4-5-11/h1-3,8-9,11,17-18,31H,4-7,10H2/t17-,18-/m1/s1. The number of aromatic nitrogens is 1. The van der Waals surface area contributed by atoms with Crippen molar-refractivity contribution >= 4 is 38.0 Å². The average molecular weight is 570 g/mol. The molecular formula is C24H19F5N4O5S. The second kappa shape index (κ2) is 8.71. The van der Waals surface area contributed by atoms with Gasteiger partial charge in [0.15, 0.2) is 11.4 Å². The Morgan fingerprint density at radius 1 is 1.10 bits per heavy atom. The molecule has 1 aromatic heterocycles. The zero-order valence-corrected chi connectivity index (χ0v) is 20.7. The SMILES string of the molecule is O=C1N(c2noc3cccc(-c4c(F)cc(F)cc4F)c23)CC[C@H]2N1C[C@@H](NS(=O)(=O)C(=O)C1CC1)C2(F)F. The highest BCUT2D eigenvalue weighted by Crippen LogP contribution is 2.43. The molecule has 1 saturated carbocycles. The van der Waals surface area contributed by atoms with E-state index < -0.39 is 74.7 Å². The van der Waals surface area contributed by atoms with Crippen LogP contribution in [0.3, 0.4) is 0 Å². The number of anilines is 1. The van der Waals surface area contributed by atoms with Gasteiger partial charge in [0.25, 0.3) is 21.1 Å². The number of hydrogen-bond acceptors (Lipinski definition) is 6. The molecule has 3 fully saturated rings. The molecule has 9 nitrogen and oxygen atoms in total. The quantitative estimate of drug-likeness (QED) is 0.468. The zero-order chi connectivity index (χ0) is 27.9. The van der Waals surface area contributed by atoms with Crippen molar-refractivity contribution < 1.29 is 44.5 Å². The number of fused-ring (bicyclic) bond motifs is 2. The molecule has 3 aromatic rings. The van der Waals surface area contributed by atoms with Crippen LogP contribution in [0, 0.1) is 23.4 Å². The molecule has 1 aliphatic carbocycles. The van der Waals surface area contributed by atoms with Crippen molar-refractivity contribution in [2.45, 2.75) is 37.3 Å². The summed E-state index contributed by atoms with van der Waals surface area (Å²) in [4.78, 5) is 27.3. The fourth-order valence-corrected chi connectivity index (χ4v) is 6.61. The van der Waals surface area contributed by atoms with Crippen LogP contribution < -0.4 is 9.62 Å². The summed E-state index contributed by atoms with van der Waals surface area (Å²) >= 11 is 0. The van der Waals surface area contributed by atoms with Crippen LogP contribution in [0.4, 0.5) is 32.6 Å². The summed E-state index contributed by atoms with van der Waals surface area (Å²) in [5, 5.41) is 2.69. The van der Waals surface area contributed by atoms with Crippen LogP contribution in [-0.4, -0.2) is 60.7 Å². The van der Waals surface area contributed by atoms with E-state index in [1.165, 1.54) is 18.2 Å². The number of halogens is 5. The van der Waals surface area contributed by atoms with Gasteiger partial charge in [-0.15, -0.1) is 0 Å². The van der Waals surface area contributed by atoms with E-state index in [1.807, 2.05) is 0 Å². The molecular weight excluding hydrogens is 551 g/mol. The molecule has 0 radical (unpaired) electrons. The Balaban J connectivity index is 1.34. The van der Waals surface area contributed by atoms with Gasteiger partial charge in [0.1, 0.15) is 29.5 Å². The first-order valence-electron chi connectivity index (χ1n) is 12.0. The minimum Gasteiger partial charge on any atom is -0.354 e. The number of amides is 2. The third kappa shape index (κ3) is 4.06. The topological polar surface area (TPSA) is 113 Å². The van der Waals surface area contributed by atoms with Crippen molar-refractivity contribution in [1.82, 2.24) is 14.8 Å². The molecule has 39 heavy (non-hydrogen) atoms. The van der Waals surface area contributed by atoms with Gasteiger partial charge >= 0.3 is 6.03 Å². The molecule has 1 N–H and O–H groups in total. The van der Waals surface area contributed by atoms with Crippen molar-refractivity contribution in [2.75, 3.05) is 18.0 Å². The Bertz CT molecular complexity index is 1620. The van der Waals surface area contributed by atoms with E-state index in [9.17, 15) is 31.2 Å². The van der Waals surface area contributed by atoms with Crippen LogP contribution in [0.25, 0.3) is 22.1 Å². The lowest BCUT2D eigenvalue weighted by Gasteiger charge is -2.37. The first kappa shape index (κ1) is 25.7. The number of carbonyl (C=O) groups is 2. The summed E-state index contributed by atoms with van der Waals surface area (Å²) in [6, 6.07) is 0.435. The lowest BCUT2D eigenvalue weighted by Crippen LogP contribution is -2.56. The third-order valence-electron chi connectivity index (χ3n) is 7.25. The van der Waals surface area contributed by atoms with Crippen LogP contribution >= 0.6 is 0 Å². The molecule has 2 aliphatic heterocycles. The third-order valence-corrected chi connectivity index (χ3v) is 8.71. The van der Waals surface area contributed by atoms with E-state index in [2.05, 4.69) is 5.16 Å². The van der Waals surface area contributed by atoms with Gasteiger partial charge < -0.3 is 9.42 Å². The Morgan fingerprint density at radius 3 is 2.46 bits per heavy atom. The van der Waals surface area contributed by atoms with Gasteiger partial charge in [-0.3, -0.25) is 9.69 Å². The average Bonchev–Trinajstić information content (AvgIpc) is 3.56. The van der Waals surface area contributed by atoms with E-state index >= 15 is 8.78 Å². The molecule has 0 spiro atoms. The number of carbonyl (C=O) groups excluding carboxylic acids is 2. The van der Waals surface area contributed by atoms with Gasteiger partial charge in [-0.2, -0.15) is 4.72 Å². The van der Waals surface area contributed by atoms with E-state index in [0.29, 0.717) is 25.0 Å². The largest absolute Gasteiger partial charge is 0.354 e. The number of benzene rings is 2. The Morgan fingerprint density at radius 2 is 1.79 bits per heavy atom. The fraction of sp³-hybridized carbons (Fsp3) is 0.375. The number of hydrogen-bond donors (Lipinski definition) is 1. The number of nitrogens with zero attached hydrogens (tertiary/aromatic N) is 3. The molecule has 6 rings (SSSR count). The predicted octanol–water partition coefficient (Wildman–Crippen LogP) is 3.79. The molecule has 2 atom stereocenters. The second-order valence-corrected chi connectivity index (χ2v) is 11.4. The van der Waals surface area contributed by atoms with E-state index in [4.69, 9.17) is 4.52 Å². The first-order chi connectivity index (χ1) is 18.4. The molecule has 2 aromatic carbocycles.